The Bertz CT molecular complexity index is 542. The maximum absolute atomic E-state index is 5.36. The average Bonchev–Trinajstić information content (AvgIpc) is 2.93. The summed E-state index contributed by atoms with van der Waals surface area (Å²) in [6.07, 6.45) is 0. The summed E-state index contributed by atoms with van der Waals surface area (Å²) in [5.41, 5.74) is 0.905. The van der Waals surface area contributed by atoms with Crippen LogP contribution in [0, 0.1) is 0 Å². The topological polar surface area (TPSA) is 56.3 Å². The van der Waals surface area contributed by atoms with Crippen molar-refractivity contribution in [1.82, 2.24) is 15.5 Å². The van der Waals surface area contributed by atoms with Crippen molar-refractivity contribution in [2.45, 2.75) is 13.5 Å². The highest BCUT2D eigenvalue weighted by Gasteiger charge is 2.12. The molecule has 0 amide bonds. The molecule has 0 saturated heterocycles. The molecular weight excluding hydrogens is 262 g/mol. The van der Waals surface area contributed by atoms with Gasteiger partial charge in [-0.15, -0.1) is 10.2 Å². The third-order valence-electron chi connectivity index (χ3n) is 2.63. The van der Waals surface area contributed by atoms with Crippen LogP contribution in [0.5, 0.6) is 11.5 Å². The summed E-state index contributed by atoms with van der Waals surface area (Å²) in [7, 11) is 3.29. The summed E-state index contributed by atoms with van der Waals surface area (Å²) >= 11 is 1.55. The largest absolute Gasteiger partial charge is 0.497 e. The van der Waals surface area contributed by atoms with E-state index in [9.17, 15) is 0 Å². The summed E-state index contributed by atoms with van der Waals surface area (Å²) in [6, 6.07) is 5.65. The molecule has 2 rings (SSSR count). The Morgan fingerprint density at radius 1 is 1.21 bits per heavy atom. The highest BCUT2D eigenvalue weighted by atomic mass is 32.1. The number of rotatable bonds is 6. The number of benzene rings is 1. The molecule has 0 aliphatic heterocycles. The van der Waals surface area contributed by atoms with E-state index in [1.807, 2.05) is 18.2 Å². The number of hydrogen-bond donors (Lipinski definition) is 1. The summed E-state index contributed by atoms with van der Waals surface area (Å²) < 4.78 is 10.6. The van der Waals surface area contributed by atoms with Gasteiger partial charge in [0.1, 0.15) is 16.5 Å². The lowest BCUT2D eigenvalue weighted by Gasteiger charge is -2.07. The molecule has 0 aliphatic rings. The Kier molecular flexibility index (Phi) is 4.70. The molecule has 0 radical (unpaired) electrons. The van der Waals surface area contributed by atoms with Crippen molar-refractivity contribution in [3.63, 3.8) is 0 Å². The van der Waals surface area contributed by atoms with Gasteiger partial charge < -0.3 is 14.8 Å². The van der Waals surface area contributed by atoms with Crippen LogP contribution in [0.2, 0.25) is 0 Å². The molecule has 2 aromatic rings. The van der Waals surface area contributed by atoms with E-state index in [4.69, 9.17) is 9.47 Å². The van der Waals surface area contributed by atoms with Crippen LogP contribution in [0.1, 0.15) is 11.9 Å². The van der Waals surface area contributed by atoms with Crippen molar-refractivity contribution in [3.8, 4) is 22.1 Å². The molecule has 0 spiro atoms. The van der Waals surface area contributed by atoms with Gasteiger partial charge in [0, 0.05) is 6.54 Å². The van der Waals surface area contributed by atoms with Crippen molar-refractivity contribution in [1.29, 1.82) is 0 Å². The van der Waals surface area contributed by atoms with E-state index in [1.54, 1.807) is 25.6 Å². The second-order valence-electron chi connectivity index (χ2n) is 3.85. The third-order valence-corrected chi connectivity index (χ3v) is 3.59. The van der Waals surface area contributed by atoms with Gasteiger partial charge in [-0.2, -0.15) is 0 Å². The molecule has 1 aromatic heterocycles. The lowest BCUT2D eigenvalue weighted by molar-refractivity contribution is 0.404. The molecule has 0 bridgehead atoms. The van der Waals surface area contributed by atoms with Crippen LogP contribution in [-0.2, 0) is 6.54 Å². The van der Waals surface area contributed by atoms with Crippen molar-refractivity contribution >= 4 is 11.3 Å². The number of ether oxygens (including phenoxy) is 2. The van der Waals surface area contributed by atoms with E-state index in [-0.39, 0.29) is 0 Å². The fourth-order valence-electron chi connectivity index (χ4n) is 1.65. The molecule has 5 nitrogen and oxygen atoms in total. The summed E-state index contributed by atoms with van der Waals surface area (Å²) in [6.45, 7) is 3.71. The Labute approximate surface area is 116 Å². The minimum absolute atomic E-state index is 0.737. The van der Waals surface area contributed by atoms with Gasteiger partial charge in [0.05, 0.1) is 19.8 Å². The lowest BCUT2D eigenvalue weighted by atomic mass is 10.2. The van der Waals surface area contributed by atoms with Gasteiger partial charge in [-0.1, -0.05) is 18.3 Å². The van der Waals surface area contributed by atoms with E-state index < -0.39 is 0 Å². The quantitative estimate of drug-likeness (QED) is 0.879. The van der Waals surface area contributed by atoms with Gasteiger partial charge in [0.2, 0.25) is 0 Å². The Morgan fingerprint density at radius 2 is 2.05 bits per heavy atom. The van der Waals surface area contributed by atoms with Crippen molar-refractivity contribution in [3.05, 3.63) is 23.2 Å². The first-order valence-corrected chi connectivity index (χ1v) is 6.85. The third kappa shape index (κ3) is 3.21. The molecule has 0 saturated carbocycles. The molecule has 1 N–H and O–H groups in total. The second-order valence-corrected chi connectivity index (χ2v) is 4.91. The predicted molar refractivity (Wildman–Crippen MR) is 75.8 cm³/mol. The van der Waals surface area contributed by atoms with E-state index in [0.717, 1.165) is 40.2 Å². The fourth-order valence-corrected chi connectivity index (χ4v) is 2.48. The first-order valence-electron chi connectivity index (χ1n) is 6.04. The van der Waals surface area contributed by atoms with Gasteiger partial charge in [-0.3, -0.25) is 0 Å². The zero-order valence-corrected chi connectivity index (χ0v) is 12.1. The zero-order valence-electron chi connectivity index (χ0n) is 11.3. The smallest absolute Gasteiger partial charge is 0.151 e. The predicted octanol–water partition coefficient (Wildman–Crippen LogP) is 2.33. The normalized spacial score (nSPS) is 10.5. The van der Waals surface area contributed by atoms with Gasteiger partial charge in [-0.25, -0.2) is 0 Å². The Hall–Kier alpha value is -1.66. The summed E-state index contributed by atoms with van der Waals surface area (Å²) in [4.78, 5) is 0. The molecule has 0 unspecified atom stereocenters. The monoisotopic (exact) mass is 279 g/mol. The van der Waals surface area contributed by atoms with E-state index in [0.29, 0.717) is 0 Å². The number of aromatic nitrogens is 2. The standard InChI is InChI=1S/C13H17N3O2S/c1-4-14-8-12-15-16-13(19-12)10-7-9(17-2)5-6-11(10)18-3/h5-7,14H,4,8H2,1-3H3. The first kappa shape index (κ1) is 13.8. The van der Waals surface area contributed by atoms with Crippen LogP contribution in [0.15, 0.2) is 18.2 Å². The lowest BCUT2D eigenvalue weighted by Crippen LogP contribution is -2.11. The molecule has 102 valence electrons. The highest BCUT2D eigenvalue weighted by Crippen LogP contribution is 2.34. The Balaban J connectivity index is 2.31. The number of hydrogen-bond acceptors (Lipinski definition) is 6. The molecule has 6 heteroatoms. The van der Waals surface area contributed by atoms with Crippen molar-refractivity contribution < 1.29 is 9.47 Å². The van der Waals surface area contributed by atoms with E-state index >= 15 is 0 Å². The number of methoxy groups -OCH3 is 2. The summed E-state index contributed by atoms with van der Waals surface area (Å²) in [5, 5.41) is 13.4. The van der Waals surface area contributed by atoms with Crippen molar-refractivity contribution in [2.75, 3.05) is 20.8 Å². The summed E-state index contributed by atoms with van der Waals surface area (Å²) in [5.74, 6) is 1.55. The molecule has 19 heavy (non-hydrogen) atoms. The van der Waals surface area contributed by atoms with Gasteiger partial charge in [0.25, 0.3) is 0 Å². The SMILES string of the molecule is CCNCc1nnc(-c2cc(OC)ccc2OC)s1. The second kappa shape index (κ2) is 6.49. The fraction of sp³-hybridized carbons (Fsp3) is 0.385. The van der Waals surface area contributed by atoms with Crippen LogP contribution < -0.4 is 14.8 Å². The maximum Gasteiger partial charge on any atom is 0.151 e. The average molecular weight is 279 g/mol. The van der Waals surface area contributed by atoms with Crippen LogP contribution in [-0.4, -0.2) is 31.0 Å². The molecule has 0 atom stereocenters. The minimum atomic E-state index is 0.737. The molecule has 0 fully saturated rings. The molecule has 0 aliphatic carbocycles. The van der Waals surface area contributed by atoms with Crippen LogP contribution in [0.25, 0.3) is 10.6 Å². The van der Waals surface area contributed by atoms with E-state index in [1.165, 1.54) is 0 Å². The molecule has 1 heterocycles. The molecular formula is C13H17N3O2S. The minimum Gasteiger partial charge on any atom is -0.497 e. The van der Waals surface area contributed by atoms with Crippen LogP contribution in [0.3, 0.4) is 0 Å². The van der Waals surface area contributed by atoms with Crippen molar-refractivity contribution in [2.24, 2.45) is 0 Å². The van der Waals surface area contributed by atoms with Gasteiger partial charge in [-0.05, 0) is 24.7 Å². The van der Waals surface area contributed by atoms with Crippen LogP contribution >= 0.6 is 11.3 Å². The first-order chi connectivity index (χ1) is 9.28. The highest BCUT2D eigenvalue weighted by molar-refractivity contribution is 7.14. The maximum atomic E-state index is 5.36. The van der Waals surface area contributed by atoms with Gasteiger partial charge in [0.15, 0.2) is 5.01 Å². The van der Waals surface area contributed by atoms with E-state index in [2.05, 4.69) is 22.4 Å². The van der Waals surface area contributed by atoms with Gasteiger partial charge >= 0.3 is 0 Å². The number of nitrogens with zero attached hydrogens (tertiary/aromatic N) is 2. The number of nitrogens with one attached hydrogen (secondary N) is 1. The molecule has 1 aromatic carbocycles. The zero-order chi connectivity index (χ0) is 13.7. The van der Waals surface area contributed by atoms with Crippen LogP contribution in [0.4, 0.5) is 0 Å². The Morgan fingerprint density at radius 3 is 2.74 bits per heavy atom.